The molecule has 1 heterocycles. The van der Waals surface area contributed by atoms with Crippen molar-refractivity contribution in [3.63, 3.8) is 0 Å². The van der Waals surface area contributed by atoms with E-state index in [0.717, 1.165) is 35.6 Å². The van der Waals surface area contributed by atoms with Crippen molar-refractivity contribution in [2.24, 2.45) is 0 Å². The predicted octanol–water partition coefficient (Wildman–Crippen LogP) is 4.29. The van der Waals surface area contributed by atoms with Gasteiger partial charge in [0.2, 0.25) is 11.8 Å². The number of amides is 2. The van der Waals surface area contributed by atoms with Gasteiger partial charge in [-0.25, -0.2) is 0 Å². The van der Waals surface area contributed by atoms with Gasteiger partial charge in [0.25, 0.3) is 0 Å². The molecule has 28 heavy (non-hydrogen) atoms. The minimum Gasteiger partial charge on any atom is -0.372 e. The molecule has 2 aromatic rings. The van der Waals surface area contributed by atoms with Crippen molar-refractivity contribution in [3.8, 4) is 0 Å². The van der Waals surface area contributed by atoms with E-state index in [0.29, 0.717) is 0 Å². The van der Waals surface area contributed by atoms with Crippen LogP contribution in [-0.2, 0) is 9.59 Å². The van der Waals surface area contributed by atoms with Gasteiger partial charge in [-0.3, -0.25) is 9.59 Å². The monoisotopic (exact) mass is 379 g/mol. The van der Waals surface area contributed by atoms with Crippen molar-refractivity contribution in [1.82, 2.24) is 0 Å². The maximum atomic E-state index is 12.6. The number of hydrogen-bond acceptors (Lipinski definition) is 3. The fourth-order valence-electron chi connectivity index (χ4n) is 3.58. The molecule has 3 rings (SSSR count). The highest BCUT2D eigenvalue weighted by Crippen LogP contribution is 2.24. The highest BCUT2D eigenvalue weighted by Gasteiger charge is 2.17. The minimum atomic E-state index is -0.205. The number of piperidine rings is 1. The van der Waals surface area contributed by atoms with Gasteiger partial charge < -0.3 is 15.1 Å². The van der Waals surface area contributed by atoms with Crippen molar-refractivity contribution in [3.05, 3.63) is 53.6 Å². The first-order valence-electron chi connectivity index (χ1n) is 9.94. The maximum Gasteiger partial charge on any atom is 0.244 e. The second kappa shape index (κ2) is 8.91. The first-order valence-corrected chi connectivity index (χ1v) is 9.94. The van der Waals surface area contributed by atoms with Crippen molar-refractivity contribution in [2.75, 3.05) is 34.8 Å². The third-order valence-electron chi connectivity index (χ3n) is 5.23. The van der Waals surface area contributed by atoms with Crippen LogP contribution < -0.4 is 15.1 Å². The van der Waals surface area contributed by atoms with E-state index in [1.807, 2.05) is 56.3 Å². The Balaban J connectivity index is 1.69. The van der Waals surface area contributed by atoms with Crippen LogP contribution >= 0.6 is 0 Å². The lowest BCUT2D eigenvalue weighted by atomic mass is 10.1. The van der Waals surface area contributed by atoms with Gasteiger partial charge in [0.1, 0.15) is 6.54 Å². The van der Waals surface area contributed by atoms with E-state index in [9.17, 15) is 9.59 Å². The molecule has 1 aliphatic rings. The highest BCUT2D eigenvalue weighted by molar-refractivity contribution is 6.02. The molecule has 5 heteroatoms. The Morgan fingerprint density at radius 3 is 2.32 bits per heavy atom. The van der Waals surface area contributed by atoms with Crippen molar-refractivity contribution in [2.45, 2.75) is 40.0 Å². The number of carbonyl (C=O) groups is 2. The first-order chi connectivity index (χ1) is 13.4. The number of carbonyl (C=O) groups excluding carboxylic acids is 2. The van der Waals surface area contributed by atoms with Crippen LogP contribution in [0, 0.1) is 13.8 Å². The van der Waals surface area contributed by atoms with Crippen LogP contribution in [0.15, 0.2) is 42.5 Å². The molecule has 2 aromatic carbocycles. The van der Waals surface area contributed by atoms with Gasteiger partial charge in [0.05, 0.1) is 0 Å². The zero-order valence-corrected chi connectivity index (χ0v) is 17.0. The van der Waals surface area contributed by atoms with Crippen LogP contribution in [0.4, 0.5) is 17.1 Å². The fourth-order valence-corrected chi connectivity index (χ4v) is 3.58. The molecule has 0 saturated carbocycles. The third kappa shape index (κ3) is 4.91. The van der Waals surface area contributed by atoms with E-state index < -0.39 is 0 Å². The van der Waals surface area contributed by atoms with Gasteiger partial charge in [-0.2, -0.15) is 0 Å². The molecule has 0 aliphatic carbocycles. The largest absolute Gasteiger partial charge is 0.372 e. The molecular weight excluding hydrogens is 350 g/mol. The van der Waals surface area contributed by atoms with Gasteiger partial charge in [0.15, 0.2) is 0 Å². The zero-order chi connectivity index (χ0) is 20.1. The second-order valence-corrected chi connectivity index (χ2v) is 7.54. The first kappa shape index (κ1) is 19.9. The number of hydrogen-bond donors (Lipinski definition) is 1. The molecule has 0 bridgehead atoms. The summed E-state index contributed by atoms with van der Waals surface area (Å²) in [7, 11) is 0. The maximum absolute atomic E-state index is 12.6. The quantitative estimate of drug-likeness (QED) is 0.843. The smallest absolute Gasteiger partial charge is 0.244 e. The molecule has 2 amide bonds. The molecule has 0 aromatic heterocycles. The highest BCUT2D eigenvalue weighted by atomic mass is 16.2. The predicted molar refractivity (Wildman–Crippen MR) is 115 cm³/mol. The Bertz CT molecular complexity index is 839. The molecule has 0 radical (unpaired) electrons. The lowest BCUT2D eigenvalue weighted by Crippen LogP contribution is -2.36. The van der Waals surface area contributed by atoms with E-state index in [1.54, 1.807) is 0 Å². The summed E-state index contributed by atoms with van der Waals surface area (Å²) in [6.45, 7) is 7.58. The molecule has 0 atom stereocenters. The van der Waals surface area contributed by atoms with E-state index in [2.05, 4.69) is 10.2 Å². The minimum absolute atomic E-state index is 0.00816. The van der Waals surface area contributed by atoms with Crippen LogP contribution in [0.25, 0.3) is 0 Å². The van der Waals surface area contributed by atoms with E-state index in [4.69, 9.17) is 0 Å². The number of nitrogens with one attached hydrogen (secondary N) is 1. The Morgan fingerprint density at radius 2 is 1.68 bits per heavy atom. The molecule has 1 N–H and O–H groups in total. The lowest BCUT2D eigenvalue weighted by molar-refractivity contribution is -0.120. The standard InChI is InChI=1S/C23H29N3O2/c1-17-7-8-18(2)22(15-17)24-23(28)16-26(19(3)27)21-11-9-20(10-12-21)25-13-5-4-6-14-25/h7-12,15H,4-6,13-14,16H2,1-3H3,(H,24,28). The number of rotatable bonds is 5. The molecule has 1 fully saturated rings. The van der Waals surface area contributed by atoms with Crippen LogP contribution in [0.2, 0.25) is 0 Å². The number of aryl methyl sites for hydroxylation is 2. The summed E-state index contributed by atoms with van der Waals surface area (Å²) < 4.78 is 0. The summed E-state index contributed by atoms with van der Waals surface area (Å²) in [6, 6.07) is 13.9. The Morgan fingerprint density at radius 1 is 1.00 bits per heavy atom. The topological polar surface area (TPSA) is 52.7 Å². The Kier molecular flexibility index (Phi) is 6.34. The summed E-state index contributed by atoms with van der Waals surface area (Å²) >= 11 is 0. The SMILES string of the molecule is CC(=O)N(CC(=O)Nc1cc(C)ccc1C)c1ccc(N2CCCCC2)cc1. The number of benzene rings is 2. The molecule has 0 spiro atoms. The molecular formula is C23H29N3O2. The average Bonchev–Trinajstić information content (AvgIpc) is 2.69. The fraction of sp³-hybridized carbons (Fsp3) is 0.391. The summed E-state index contributed by atoms with van der Waals surface area (Å²) in [4.78, 5) is 28.6. The molecule has 0 unspecified atom stereocenters. The summed E-state index contributed by atoms with van der Waals surface area (Å²) in [5.41, 5.74) is 4.78. The Labute approximate surface area is 167 Å². The van der Waals surface area contributed by atoms with Gasteiger partial charge in [-0.1, -0.05) is 12.1 Å². The zero-order valence-electron chi connectivity index (χ0n) is 17.0. The van der Waals surface area contributed by atoms with Crippen molar-refractivity contribution >= 4 is 28.9 Å². The molecule has 1 saturated heterocycles. The second-order valence-electron chi connectivity index (χ2n) is 7.54. The molecule has 5 nitrogen and oxygen atoms in total. The van der Waals surface area contributed by atoms with Crippen molar-refractivity contribution in [1.29, 1.82) is 0 Å². The normalized spacial score (nSPS) is 13.9. The van der Waals surface area contributed by atoms with Crippen LogP contribution in [0.1, 0.15) is 37.3 Å². The van der Waals surface area contributed by atoms with Crippen LogP contribution in [0.3, 0.4) is 0 Å². The van der Waals surface area contributed by atoms with E-state index in [1.165, 1.54) is 36.8 Å². The number of nitrogens with zero attached hydrogens (tertiary/aromatic N) is 2. The van der Waals surface area contributed by atoms with Crippen molar-refractivity contribution < 1.29 is 9.59 Å². The summed E-state index contributed by atoms with van der Waals surface area (Å²) in [5, 5.41) is 2.93. The average molecular weight is 380 g/mol. The summed E-state index contributed by atoms with van der Waals surface area (Å²) in [5.74, 6) is -0.356. The van der Waals surface area contributed by atoms with Crippen LogP contribution in [-0.4, -0.2) is 31.4 Å². The van der Waals surface area contributed by atoms with Gasteiger partial charge >= 0.3 is 0 Å². The molecule has 1 aliphatic heterocycles. The number of anilines is 3. The van der Waals surface area contributed by atoms with E-state index in [-0.39, 0.29) is 18.4 Å². The Hall–Kier alpha value is -2.82. The lowest BCUT2D eigenvalue weighted by Gasteiger charge is -2.29. The molecule has 148 valence electrons. The summed E-state index contributed by atoms with van der Waals surface area (Å²) in [6.07, 6.45) is 3.74. The van der Waals surface area contributed by atoms with Gasteiger partial charge in [0, 0.05) is 37.1 Å². The van der Waals surface area contributed by atoms with Crippen LogP contribution in [0.5, 0.6) is 0 Å². The van der Waals surface area contributed by atoms with Gasteiger partial charge in [-0.05, 0) is 74.6 Å². The third-order valence-corrected chi connectivity index (χ3v) is 5.23. The van der Waals surface area contributed by atoms with E-state index >= 15 is 0 Å². The van der Waals surface area contributed by atoms with Gasteiger partial charge in [-0.15, -0.1) is 0 Å².